The van der Waals surface area contributed by atoms with Crippen LogP contribution in [0.15, 0.2) is 0 Å². The van der Waals surface area contributed by atoms with Gasteiger partial charge in [0.1, 0.15) is 0 Å². The van der Waals surface area contributed by atoms with Crippen molar-refractivity contribution in [3.8, 4) is 0 Å². The number of rotatable bonds is 3. The summed E-state index contributed by atoms with van der Waals surface area (Å²) in [5, 5.41) is 0. The Kier molecular flexibility index (Phi) is 4.58. The molecule has 1 aliphatic rings. The van der Waals surface area contributed by atoms with E-state index in [2.05, 4.69) is 18.7 Å². The quantitative estimate of drug-likeness (QED) is 0.673. The van der Waals surface area contributed by atoms with Crippen LogP contribution in [0.2, 0.25) is 0 Å². The van der Waals surface area contributed by atoms with Crippen molar-refractivity contribution < 1.29 is 9.53 Å². The van der Waals surface area contributed by atoms with Crippen LogP contribution in [0.3, 0.4) is 0 Å². The number of carbonyl (C=O) groups is 1. The average molecular weight is 213 g/mol. The van der Waals surface area contributed by atoms with Gasteiger partial charge in [-0.3, -0.25) is 9.69 Å². The van der Waals surface area contributed by atoms with Crippen molar-refractivity contribution in [2.24, 2.45) is 0 Å². The molecule has 0 saturated carbocycles. The molecule has 0 bridgehead atoms. The molecule has 0 radical (unpaired) electrons. The molecule has 0 unspecified atom stereocenters. The van der Waals surface area contributed by atoms with E-state index in [1.807, 2.05) is 13.8 Å². The first-order valence-corrected chi connectivity index (χ1v) is 5.96. The number of nitrogens with zero attached hydrogens (tertiary/aromatic N) is 1. The van der Waals surface area contributed by atoms with E-state index in [9.17, 15) is 4.79 Å². The van der Waals surface area contributed by atoms with Crippen LogP contribution in [-0.4, -0.2) is 35.6 Å². The standard InChI is InChI=1S/C12H23NO2/c1-9(2)15-12(14)8-13-10(3)6-5-7-11(13)4/h9-11H,5-8H2,1-4H3/t10-,11+. The number of hydrogen-bond acceptors (Lipinski definition) is 3. The summed E-state index contributed by atoms with van der Waals surface area (Å²) in [5.74, 6) is -0.0920. The van der Waals surface area contributed by atoms with E-state index in [0.717, 1.165) is 0 Å². The highest BCUT2D eigenvalue weighted by molar-refractivity contribution is 5.71. The Balaban J connectivity index is 2.44. The molecule has 88 valence electrons. The van der Waals surface area contributed by atoms with Gasteiger partial charge in [-0.1, -0.05) is 6.42 Å². The van der Waals surface area contributed by atoms with Crippen LogP contribution >= 0.6 is 0 Å². The summed E-state index contributed by atoms with van der Waals surface area (Å²) in [5.41, 5.74) is 0. The third-order valence-electron chi connectivity index (χ3n) is 3.05. The molecule has 0 spiro atoms. The maximum absolute atomic E-state index is 11.5. The van der Waals surface area contributed by atoms with Gasteiger partial charge in [0.2, 0.25) is 0 Å². The molecular weight excluding hydrogens is 190 g/mol. The van der Waals surface area contributed by atoms with Crippen molar-refractivity contribution >= 4 is 5.97 Å². The number of hydrogen-bond donors (Lipinski definition) is 0. The van der Waals surface area contributed by atoms with Crippen LogP contribution in [0, 0.1) is 0 Å². The molecular formula is C12H23NO2. The van der Waals surface area contributed by atoms with Gasteiger partial charge in [-0.25, -0.2) is 0 Å². The average Bonchev–Trinajstić information content (AvgIpc) is 2.10. The van der Waals surface area contributed by atoms with Gasteiger partial charge in [-0.15, -0.1) is 0 Å². The van der Waals surface area contributed by atoms with Gasteiger partial charge in [0.25, 0.3) is 0 Å². The maximum atomic E-state index is 11.5. The fourth-order valence-electron chi connectivity index (χ4n) is 2.24. The zero-order valence-corrected chi connectivity index (χ0v) is 10.3. The van der Waals surface area contributed by atoms with Crippen LogP contribution in [0.25, 0.3) is 0 Å². The van der Waals surface area contributed by atoms with Crippen molar-refractivity contribution in [3.63, 3.8) is 0 Å². The molecule has 0 aromatic heterocycles. The molecule has 0 aliphatic carbocycles. The highest BCUT2D eigenvalue weighted by Gasteiger charge is 2.26. The van der Waals surface area contributed by atoms with E-state index in [1.54, 1.807) is 0 Å². The Bertz CT molecular complexity index is 206. The van der Waals surface area contributed by atoms with Crippen molar-refractivity contribution in [1.29, 1.82) is 0 Å². The van der Waals surface area contributed by atoms with Crippen LogP contribution in [-0.2, 0) is 9.53 Å². The summed E-state index contributed by atoms with van der Waals surface area (Å²) in [4.78, 5) is 13.8. The molecule has 0 N–H and O–H groups in total. The minimum atomic E-state index is -0.0920. The normalized spacial score (nSPS) is 28.1. The highest BCUT2D eigenvalue weighted by atomic mass is 16.5. The molecule has 3 nitrogen and oxygen atoms in total. The van der Waals surface area contributed by atoms with E-state index in [-0.39, 0.29) is 12.1 Å². The maximum Gasteiger partial charge on any atom is 0.320 e. The Morgan fingerprint density at radius 3 is 2.33 bits per heavy atom. The number of likely N-dealkylation sites (tertiary alicyclic amines) is 1. The second-order valence-electron chi connectivity index (χ2n) is 4.84. The molecule has 1 heterocycles. The zero-order chi connectivity index (χ0) is 11.4. The Labute approximate surface area is 92.8 Å². The van der Waals surface area contributed by atoms with E-state index in [4.69, 9.17) is 4.74 Å². The molecule has 1 fully saturated rings. The third kappa shape index (κ3) is 3.82. The largest absolute Gasteiger partial charge is 0.462 e. The molecule has 1 rings (SSSR count). The lowest BCUT2D eigenvalue weighted by Gasteiger charge is -2.38. The number of ether oxygens (including phenoxy) is 1. The monoisotopic (exact) mass is 213 g/mol. The zero-order valence-electron chi connectivity index (χ0n) is 10.3. The molecule has 2 atom stereocenters. The SMILES string of the molecule is CC(C)OC(=O)CN1[C@H](C)CCC[C@@H]1C. The summed E-state index contributed by atoms with van der Waals surface area (Å²) in [6.07, 6.45) is 3.66. The molecule has 0 aromatic rings. The minimum absolute atomic E-state index is 0.00657. The molecule has 1 aliphatic heterocycles. The first kappa shape index (κ1) is 12.5. The summed E-state index contributed by atoms with van der Waals surface area (Å²) in [7, 11) is 0. The van der Waals surface area contributed by atoms with Crippen molar-refractivity contribution in [3.05, 3.63) is 0 Å². The van der Waals surface area contributed by atoms with E-state index < -0.39 is 0 Å². The topological polar surface area (TPSA) is 29.5 Å². The van der Waals surface area contributed by atoms with Crippen LogP contribution < -0.4 is 0 Å². The second kappa shape index (κ2) is 5.50. The molecule has 1 saturated heterocycles. The minimum Gasteiger partial charge on any atom is -0.462 e. The summed E-state index contributed by atoms with van der Waals surface area (Å²) in [6, 6.07) is 1.02. The lowest BCUT2D eigenvalue weighted by Crippen LogP contribution is -2.46. The predicted octanol–water partition coefficient (Wildman–Crippen LogP) is 2.20. The smallest absolute Gasteiger partial charge is 0.320 e. The van der Waals surface area contributed by atoms with Crippen LogP contribution in [0.1, 0.15) is 47.0 Å². The molecule has 0 amide bonds. The van der Waals surface area contributed by atoms with E-state index in [1.165, 1.54) is 19.3 Å². The van der Waals surface area contributed by atoms with Gasteiger partial charge in [-0.05, 0) is 40.5 Å². The number of carbonyl (C=O) groups excluding carboxylic acids is 1. The Morgan fingerprint density at radius 2 is 1.87 bits per heavy atom. The summed E-state index contributed by atoms with van der Waals surface area (Å²) < 4.78 is 5.17. The Hall–Kier alpha value is -0.570. The molecule has 3 heteroatoms. The molecule has 15 heavy (non-hydrogen) atoms. The Morgan fingerprint density at radius 1 is 1.33 bits per heavy atom. The van der Waals surface area contributed by atoms with Crippen LogP contribution in [0.4, 0.5) is 0 Å². The summed E-state index contributed by atoms with van der Waals surface area (Å²) in [6.45, 7) is 8.61. The number of piperidine rings is 1. The first-order valence-electron chi connectivity index (χ1n) is 5.96. The van der Waals surface area contributed by atoms with E-state index >= 15 is 0 Å². The van der Waals surface area contributed by atoms with Gasteiger partial charge in [0.15, 0.2) is 0 Å². The van der Waals surface area contributed by atoms with Gasteiger partial charge in [-0.2, -0.15) is 0 Å². The fourth-order valence-corrected chi connectivity index (χ4v) is 2.24. The van der Waals surface area contributed by atoms with Gasteiger partial charge in [0, 0.05) is 12.1 Å². The predicted molar refractivity (Wildman–Crippen MR) is 60.7 cm³/mol. The van der Waals surface area contributed by atoms with Crippen molar-refractivity contribution in [2.45, 2.75) is 65.1 Å². The van der Waals surface area contributed by atoms with Gasteiger partial charge in [0.05, 0.1) is 12.6 Å². The van der Waals surface area contributed by atoms with Crippen molar-refractivity contribution in [1.82, 2.24) is 4.90 Å². The molecule has 0 aromatic carbocycles. The lowest BCUT2D eigenvalue weighted by atomic mass is 9.98. The van der Waals surface area contributed by atoms with Gasteiger partial charge < -0.3 is 4.74 Å². The second-order valence-corrected chi connectivity index (χ2v) is 4.84. The highest BCUT2D eigenvalue weighted by Crippen LogP contribution is 2.21. The first-order chi connectivity index (χ1) is 7.00. The van der Waals surface area contributed by atoms with Crippen LogP contribution in [0.5, 0.6) is 0 Å². The number of esters is 1. The van der Waals surface area contributed by atoms with Crippen molar-refractivity contribution in [2.75, 3.05) is 6.54 Å². The third-order valence-corrected chi connectivity index (χ3v) is 3.05. The van der Waals surface area contributed by atoms with Gasteiger partial charge >= 0.3 is 5.97 Å². The van der Waals surface area contributed by atoms with E-state index in [0.29, 0.717) is 18.6 Å². The summed E-state index contributed by atoms with van der Waals surface area (Å²) >= 11 is 0. The fraction of sp³-hybridized carbons (Fsp3) is 0.917. The lowest BCUT2D eigenvalue weighted by molar-refractivity contribution is -0.150.